The SMILES string of the molecule is C[C@H]1CC[C@@]2(OC1)O[C@@H]1C[C@@H]3[C@@H]4CC[C@H]5C[C@@H](O[C@@H]6O[C@H](CO)[C@H](O[C@@H]7O[C@H](CO)[C@@H](O)[C@H](O[C@@H]8OC[C@@H](O)[C@H](O[C@@H]9O[C@H](CO)[C@@H](O[C@@H]%10O[C@H](CO)[C@@H](O)[C@H](O)[C@H]%10O)[C@H](O)[C@H]9O)[C@H]8O)[C@H]7O[C@@H]7O[C@H](CO)[C@@H](O)[C@H](O)[C@H]7O)[C@H](O)[C@H]6O)CC[C@]5(C)[C@H]4CC(=O)[C@]3(C)[C@@H]1[C@@H]2C. The highest BCUT2D eigenvalue weighted by Crippen LogP contribution is 2.70. The summed E-state index contributed by atoms with van der Waals surface area (Å²) in [5.74, 6) is 0.993. The summed E-state index contributed by atoms with van der Waals surface area (Å²) in [6, 6.07) is 0. The Morgan fingerprint density at radius 1 is 0.453 bits per heavy atom. The number of ether oxygens (including phenoxy) is 14. The number of ketones is 1. The van der Waals surface area contributed by atoms with Crippen molar-refractivity contribution in [2.75, 3.05) is 46.2 Å². The maximum atomic E-state index is 14.8. The molecular weight excluding hydrogens is 1270 g/mol. The van der Waals surface area contributed by atoms with Crippen molar-refractivity contribution in [3.63, 3.8) is 0 Å². The van der Waals surface area contributed by atoms with Gasteiger partial charge in [-0.05, 0) is 80.0 Å². The summed E-state index contributed by atoms with van der Waals surface area (Å²) in [5, 5.41) is 197. The summed E-state index contributed by atoms with van der Waals surface area (Å²) >= 11 is 0. The average Bonchev–Trinajstić information content (AvgIpc) is 1.56. The monoisotopic (exact) mass is 1370 g/mol. The van der Waals surface area contributed by atoms with Crippen LogP contribution in [0, 0.1) is 52.3 Å². The van der Waals surface area contributed by atoms with Gasteiger partial charge < -0.3 is 158 Å². The van der Waals surface area contributed by atoms with E-state index in [1.807, 2.05) is 0 Å². The number of carbonyl (C=O) groups excluding carboxylic acids is 1. The molecule has 0 aromatic heterocycles. The molecule has 0 aromatic rings. The lowest BCUT2D eigenvalue weighted by molar-refractivity contribution is -0.407. The Balaban J connectivity index is 0.724. The van der Waals surface area contributed by atoms with Crippen molar-refractivity contribution in [2.24, 2.45) is 52.3 Å². The van der Waals surface area contributed by atoms with Gasteiger partial charge in [0.1, 0.15) is 146 Å². The highest BCUT2D eigenvalue weighted by Gasteiger charge is 2.72. The fourth-order valence-corrected chi connectivity index (χ4v) is 18.5. The minimum atomic E-state index is -2.20. The van der Waals surface area contributed by atoms with Crippen LogP contribution in [0.2, 0.25) is 0 Å². The topological polar surface area (TPSA) is 510 Å². The summed E-state index contributed by atoms with van der Waals surface area (Å²) in [5.41, 5.74) is -0.739. The first-order valence-electron chi connectivity index (χ1n) is 33.7. The molecule has 12 fully saturated rings. The van der Waals surface area contributed by atoms with Crippen LogP contribution in [0.3, 0.4) is 0 Å². The predicted molar refractivity (Wildman–Crippen MR) is 308 cm³/mol. The van der Waals surface area contributed by atoms with E-state index in [1.54, 1.807) is 0 Å². The third-order valence-corrected chi connectivity index (χ3v) is 24.1. The molecule has 8 aliphatic heterocycles. The summed E-state index contributed by atoms with van der Waals surface area (Å²) in [6.07, 6.45) is -49.0. The van der Waals surface area contributed by atoms with Crippen LogP contribution < -0.4 is 0 Å². The average molecular weight is 1370 g/mol. The molecule has 0 radical (unpaired) electrons. The minimum absolute atomic E-state index is 0.0533. The fourth-order valence-electron chi connectivity index (χ4n) is 18.5. The molecule has 4 saturated carbocycles. The summed E-state index contributed by atoms with van der Waals surface area (Å²) in [4.78, 5) is 14.8. The van der Waals surface area contributed by atoms with Gasteiger partial charge in [-0.1, -0.05) is 27.7 Å². The quantitative estimate of drug-likeness (QED) is 0.0602. The molecule has 95 heavy (non-hydrogen) atoms. The Morgan fingerprint density at radius 3 is 1.51 bits per heavy atom. The van der Waals surface area contributed by atoms with Crippen molar-refractivity contribution in [1.29, 1.82) is 0 Å². The lowest BCUT2D eigenvalue weighted by Gasteiger charge is -2.60. The third-order valence-electron chi connectivity index (χ3n) is 24.1. The fraction of sp³-hybridized carbons (Fsp3) is 0.984. The maximum Gasteiger partial charge on any atom is 0.187 e. The first-order chi connectivity index (χ1) is 45.2. The second-order valence-electron chi connectivity index (χ2n) is 29.4. The van der Waals surface area contributed by atoms with Crippen molar-refractivity contribution in [3.8, 4) is 0 Å². The molecule has 18 N–H and O–H groups in total. The number of hydrogen-bond donors (Lipinski definition) is 18. The molecule has 0 aromatic carbocycles. The van der Waals surface area contributed by atoms with Gasteiger partial charge in [0.05, 0.1) is 58.5 Å². The molecule has 1 spiro atoms. The Morgan fingerprint density at radius 2 is 0.947 bits per heavy atom. The molecule has 546 valence electrons. The largest absolute Gasteiger partial charge is 0.394 e. The highest BCUT2D eigenvalue weighted by atomic mass is 16.8. The summed E-state index contributed by atoms with van der Waals surface area (Å²) in [7, 11) is 0. The molecule has 4 aliphatic carbocycles. The van der Waals surface area contributed by atoms with Crippen LogP contribution in [0.15, 0.2) is 0 Å². The number of hydrogen-bond acceptors (Lipinski definition) is 33. The van der Waals surface area contributed by atoms with Gasteiger partial charge in [0.15, 0.2) is 43.5 Å². The van der Waals surface area contributed by atoms with E-state index in [9.17, 15) is 96.7 Å². The molecule has 12 rings (SSSR count). The molecule has 33 heteroatoms. The van der Waals surface area contributed by atoms with Gasteiger partial charge in [-0.3, -0.25) is 4.79 Å². The number of carbonyl (C=O) groups is 1. The molecule has 0 unspecified atom stereocenters. The van der Waals surface area contributed by atoms with Gasteiger partial charge >= 0.3 is 0 Å². The van der Waals surface area contributed by atoms with E-state index in [0.717, 1.165) is 32.1 Å². The summed E-state index contributed by atoms with van der Waals surface area (Å²) < 4.78 is 84.7. The molecule has 33 nitrogen and oxygen atoms in total. The van der Waals surface area contributed by atoms with Gasteiger partial charge in [0.2, 0.25) is 0 Å². The van der Waals surface area contributed by atoms with E-state index < -0.39 is 235 Å². The van der Waals surface area contributed by atoms with Crippen LogP contribution in [0.25, 0.3) is 0 Å². The molecule has 8 heterocycles. The smallest absolute Gasteiger partial charge is 0.187 e. The zero-order chi connectivity index (χ0) is 68.2. The van der Waals surface area contributed by atoms with Gasteiger partial charge in [-0.25, -0.2) is 0 Å². The van der Waals surface area contributed by atoms with Gasteiger partial charge in [-0.15, -0.1) is 0 Å². The molecule has 0 bridgehead atoms. The van der Waals surface area contributed by atoms with Gasteiger partial charge in [0, 0.05) is 30.1 Å². The number of aliphatic hydroxyl groups is 18. The van der Waals surface area contributed by atoms with Crippen LogP contribution in [-0.4, -0.2) is 340 Å². The van der Waals surface area contributed by atoms with Crippen LogP contribution in [0.1, 0.15) is 85.5 Å². The van der Waals surface area contributed by atoms with Crippen molar-refractivity contribution in [3.05, 3.63) is 0 Å². The molecule has 12 aliphatic rings. The zero-order valence-corrected chi connectivity index (χ0v) is 53.4. The van der Waals surface area contributed by atoms with Crippen LogP contribution in [0.5, 0.6) is 0 Å². The Kier molecular flexibility index (Phi) is 22.3. The summed E-state index contributed by atoms with van der Waals surface area (Å²) in [6.45, 7) is 4.08. The van der Waals surface area contributed by atoms with Crippen molar-refractivity contribution in [2.45, 2.75) is 282 Å². The van der Waals surface area contributed by atoms with E-state index in [-0.39, 0.29) is 41.1 Å². The Bertz CT molecular complexity index is 2550. The van der Waals surface area contributed by atoms with E-state index in [1.165, 1.54) is 0 Å². The lowest BCUT2D eigenvalue weighted by atomic mass is 9.44. The molecule has 0 amide bonds. The zero-order valence-electron chi connectivity index (χ0n) is 53.4. The Hall–Kier alpha value is -1.61. The van der Waals surface area contributed by atoms with Gasteiger partial charge in [0.25, 0.3) is 0 Å². The Labute approximate surface area is 547 Å². The molecule has 8 saturated heterocycles. The van der Waals surface area contributed by atoms with Crippen molar-refractivity contribution in [1.82, 2.24) is 0 Å². The minimum Gasteiger partial charge on any atom is -0.394 e. The first-order valence-corrected chi connectivity index (χ1v) is 33.7. The van der Waals surface area contributed by atoms with Crippen LogP contribution in [-0.2, 0) is 71.1 Å². The number of aliphatic hydroxyl groups excluding tert-OH is 18. The van der Waals surface area contributed by atoms with Gasteiger partial charge in [-0.2, -0.15) is 0 Å². The van der Waals surface area contributed by atoms with Crippen molar-refractivity contribution >= 4 is 5.78 Å². The van der Waals surface area contributed by atoms with E-state index >= 15 is 0 Å². The van der Waals surface area contributed by atoms with Crippen LogP contribution >= 0.6 is 0 Å². The molecular formula is C62H100O33. The maximum absolute atomic E-state index is 14.8. The van der Waals surface area contributed by atoms with E-state index in [4.69, 9.17) is 66.3 Å². The van der Waals surface area contributed by atoms with E-state index in [0.29, 0.717) is 49.9 Å². The predicted octanol–water partition coefficient (Wildman–Crippen LogP) is -7.44. The first kappa shape index (κ1) is 73.2. The van der Waals surface area contributed by atoms with Crippen LogP contribution in [0.4, 0.5) is 0 Å². The second-order valence-corrected chi connectivity index (χ2v) is 29.4. The normalized spacial score (nSPS) is 56.5. The highest BCUT2D eigenvalue weighted by molar-refractivity contribution is 5.87. The number of rotatable bonds is 17. The third kappa shape index (κ3) is 13.0. The second kappa shape index (κ2) is 28.9. The van der Waals surface area contributed by atoms with Crippen molar-refractivity contribution < 1.29 is 163 Å². The van der Waals surface area contributed by atoms with E-state index in [2.05, 4.69) is 27.7 Å². The lowest BCUT2D eigenvalue weighted by Crippen LogP contribution is -2.68. The molecule has 41 atom stereocenters. The number of fused-ring (bicyclic) bond motifs is 7. The standard InChI is InChI=1S/C62H100O33/c1-21-7-10-62(83-19-21)22(2)36-29(95-62)12-27-25-6-5-23-11-24(8-9-60(23,3)26(25)13-35(69)61(27,36)4)84-55-46(79)42(75)51(34(18-67)88-55)92-59-53(94-57-45(78)41(74)38(71)31(15-64)86-57)52(39(72)32(16-65)87-59)93-54-48(81)49(28(68)20-82-54)90-58-47(80)43(76)50(33(17-66)89-58)91-56-44(77)40(73)37(70)30(14-63)85-56/h21-34,36-59,63-68,70-81H,5-20H2,1-4H3/t21-,22-,23-,24-,25+,26-,27+,28+,29+,30+,31+,32+,33+,34+,36+,37+,38+,39+,40-,41-,42+,43+,44+,45+,46+,47+,48+,49-,50+,51-,52-,53+,54-,55+,56-,57-,58-,59-,60-,61+,62+/m0/s1. The number of Topliss-reactive ketones (excluding diaryl/α,β-unsaturated/α-hetero) is 1.